The number of hydrogen-bond donors (Lipinski definition) is 0. The summed E-state index contributed by atoms with van der Waals surface area (Å²) in [5, 5.41) is 0. The summed E-state index contributed by atoms with van der Waals surface area (Å²) < 4.78 is 2.49. The predicted molar refractivity (Wildman–Crippen MR) is 115 cm³/mol. The number of hydrogen-bond acceptors (Lipinski definition) is 1. The molecule has 2 unspecified atom stereocenters. The molecule has 0 amide bonds. The molecular weight excluding hydrogens is 328 g/mol. The highest BCUT2D eigenvalue weighted by molar-refractivity contribution is 5.81. The molecule has 27 heavy (non-hydrogen) atoms. The highest BCUT2D eigenvalue weighted by Gasteiger charge is 2.33. The third-order valence-electron chi connectivity index (χ3n) is 5.67. The molecule has 0 radical (unpaired) electrons. The van der Waals surface area contributed by atoms with Crippen LogP contribution >= 0.6 is 0 Å². The molecule has 0 spiro atoms. The maximum atomic E-state index is 5.06. The van der Waals surface area contributed by atoms with Gasteiger partial charge >= 0.3 is 0 Å². The van der Waals surface area contributed by atoms with Crippen molar-refractivity contribution in [3.05, 3.63) is 78.4 Å². The molecule has 0 bridgehead atoms. The summed E-state index contributed by atoms with van der Waals surface area (Å²) in [6.45, 7) is 9.26. The summed E-state index contributed by atoms with van der Waals surface area (Å²) >= 11 is 0. The van der Waals surface area contributed by atoms with Gasteiger partial charge in [0.05, 0.1) is 17.1 Å². The summed E-state index contributed by atoms with van der Waals surface area (Å²) in [6.07, 6.45) is 6.94. The molecule has 0 fully saturated rings. The summed E-state index contributed by atoms with van der Waals surface area (Å²) in [4.78, 5) is 5.06. The van der Waals surface area contributed by atoms with Crippen LogP contribution < -0.4 is 0 Å². The van der Waals surface area contributed by atoms with Gasteiger partial charge in [-0.15, -0.1) is 0 Å². The van der Waals surface area contributed by atoms with Gasteiger partial charge in [-0.05, 0) is 29.5 Å². The van der Waals surface area contributed by atoms with E-state index in [1.807, 2.05) is 0 Å². The van der Waals surface area contributed by atoms with Crippen molar-refractivity contribution in [2.45, 2.75) is 33.7 Å². The molecule has 0 aliphatic heterocycles. The number of para-hydroxylation sites is 2. The summed E-state index contributed by atoms with van der Waals surface area (Å²) in [5.41, 5.74) is 4.94. The van der Waals surface area contributed by atoms with Crippen LogP contribution in [0.2, 0.25) is 0 Å². The molecule has 1 aromatic heterocycles. The Bertz CT molecular complexity index is 990. The van der Waals surface area contributed by atoms with Crippen LogP contribution in [0, 0.1) is 17.8 Å². The van der Waals surface area contributed by atoms with Gasteiger partial charge in [0, 0.05) is 11.5 Å². The molecule has 4 rings (SSSR count). The fourth-order valence-electron chi connectivity index (χ4n) is 4.28. The molecule has 2 aromatic carbocycles. The molecule has 0 saturated heterocycles. The third-order valence-corrected chi connectivity index (χ3v) is 5.67. The van der Waals surface area contributed by atoms with Gasteiger partial charge in [0.1, 0.15) is 5.82 Å². The van der Waals surface area contributed by atoms with Crippen LogP contribution in [0.15, 0.2) is 78.4 Å². The van der Waals surface area contributed by atoms with Gasteiger partial charge in [-0.2, -0.15) is 0 Å². The van der Waals surface area contributed by atoms with Gasteiger partial charge in [-0.25, -0.2) is 4.98 Å². The average molecular weight is 357 g/mol. The maximum absolute atomic E-state index is 5.06. The average Bonchev–Trinajstić information content (AvgIpc) is 3.07. The minimum Gasteiger partial charge on any atom is -0.316 e. The van der Waals surface area contributed by atoms with Gasteiger partial charge in [-0.1, -0.05) is 88.4 Å². The molecule has 1 heterocycles. The van der Waals surface area contributed by atoms with Crippen molar-refractivity contribution >= 4 is 11.0 Å². The molecule has 3 aromatic rings. The lowest BCUT2D eigenvalue weighted by Crippen LogP contribution is -2.28. The molecule has 2 nitrogen and oxygen atoms in total. The number of allylic oxidation sites excluding steroid dienone is 4. The second-order valence-corrected chi connectivity index (χ2v) is 8.13. The Kier molecular flexibility index (Phi) is 4.73. The Morgan fingerprint density at radius 2 is 1.59 bits per heavy atom. The van der Waals surface area contributed by atoms with Crippen LogP contribution in [-0.2, 0) is 0 Å². The Morgan fingerprint density at radius 3 is 2.30 bits per heavy atom. The lowest BCUT2D eigenvalue weighted by Gasteiger charge is -2.36. The van der Waals surface area contributed by atoms with Crippen LogP contribution in [0.1, 0.15) is 33.7 Å². The van der Waals surface area contributed by atoms with Gasteiger partial charge in [0.25, 0.3) is 0 Å². The number of fused-ring (bicyclic) bond motifs is 1. The highest BCUT2D eigenvalue weighted by atomic mass is 15.1. The number of benzene rings is 2. The van der Waals surface area contributed by atoms with E-state index in [4.69, 9.17) is 4.98 Å². The summed E-state index contributed by atoms with van der Waals surface area (Å²) in [6, 6.07) is 19.4. The number of nitrogens with zero attached hydrogens (tertiary/aromatic N) is 2. The van der Waals surface area contributed by atoms with E-state index in [1.54, 1.807) is 0 Å². The van der Waals surface area contributed by atoms with Crippen LogP contribution in [0.4, 0.5) is 0 Å². The molecule has 0 saturated carbocycles. The van der Waals surface area contributed by atoms with Crippen molar-refractivity contribution in [1.29, 1.82) is 0 Å². The Hall–Kier alpha value is -2.61. The lowest BCUT2D eigenvalue weighted by molar-refractivity contribution is 0.333. The molecular formula is C25H28N2. The van der Waals surface area contributed by atoms with Crippen LogP contribution in [-0.4, -0.2) is 9.55 Å². The van der Waals surface area contributed by atoms with Crippen molar-refractivity contribution in [3.63, 3.8) is 0 Å². The molecule has 1 aliphatic carbocycles. The standard InChI is InChI=1S/C25H28N2/c1-17(2)20-13-10-14-21(18(3)4)24(20)27-23-16-9-8-15-22(23)26-25(27)19-11-6-5-7-12-19/h5-18,20,24H,1-4H3. The molecule has 138 valence electrons. The zero-order chi connectivity index (χ0) is 19.0. The Labute approximate surface area is 162 Å². The predicted octanol–water partition coefficient (Wildman–Crippen LogP) is 6.67. The zero-order valence-corrected chi connectivity index (χ0v) is 16.6. The number of imidazole rings is 1. The molecule has 2 heteroatoms. The second-order valence-electron chi connectivity index (χ2n) is 8.13. The van der Waals surface area contributed by atoms with Gasteiger partial charge in [0.15, 0.2) is 0 Å². The monoisotopic (exact) mass is 356 g/mol. The normalized spacial score (nSPS) is 19.9. The minimum atomic E-state index is 0.289. The van der Waals surface area contributed by atoms with Crippen molar-refractivity contribution in [2.24, 2.45) is 17.8 Å². The van der Waals surface area contributed by atoms with Gasteiger partial charge < -0.3 is 4.57 Å². The van der Waals surface area contributed by atoms with E-state index in [1.165, 1.54) is 16.7 Å². The van der Waals surface area contributed by atoms with Crippen LogP contribution in [0.5, 0.6) is 0 Å². The number of aromatic nitrogens is 2. The molecule has 2 atom stereocenters. The first-order valence-electron chi connectivity index (χ1n) is 9.98. The summed E-state index contributed by atoms with van der Waals surface area (Å²) in [7, 11) is 0. The first kappa shape index (κ1) is 17.8. The van der Waals surface area contributed by atoms with E-state index < -0.39 is 0 Å². The van der Waals surface area contributed by atoms with Crippen molar-refractivity contribution in [1.82, 2.24) is 9.55 Å². The van der Waals surface area contributed by atoms with E-state index in [0.717, 1.165) is 11.3 Å². The largest absolute Gasteiger partial charge is 0.316 e. The highest BCUT2D eigenvalue weighted by Crippen LogP contribution is 2.43. The van der Waals surface area contributed by atoms with Crippen molar-refractivity contribution in [2.75, 3.05) is 0 Å². The van der Waals surface area contributed by atoms with E-state index in [-0.39, 0.29) is 6.04 Å². The van der Waals surface area contributed by atoms with E-state index in [9.17, 15) is 0 Å². The third kappa shape index (κ3) is 3.14. The van der Waals surface area contributed by atoms with E-state index in [0.29, 0.717) is 17.8 Å². The Balaban J connectivity index is 2.01. The lowest BCUT2D eigenvalue weighted by atomic mass is 9.77. The van der Waals surface area contributed by atoms with E-state index in [2.05, 4.69) is 105 Å². The first-order valence-corrected chi connectivity index (χ1v) is 9.98. The fraction of sp³-hybridized carbons (Fsp3) is 0.320. The first-order chi connectivity index (χ1) is 13.1. The maximum Gasteiger partial charge on any atom is 0.141 e. The van der Waals surface area contributed by atoms with Crippen molar-refractivity contribution < 1.29 is 0 Å². The SMILES string of the molecule is CC(C)C1=CC=CC(C(C)C)C1n1c(-c2ccccc2)nc2ccccc21. The fourth-order valence-corrected chi connectivity index (χ4v) is 4.28. The topological polar surface area (TPSA) is 17.8 Å². The summed E-state index contributed by atoms with van der Waals surface area (Å²) in [5.74, 6) is 2.56. The molecule has 1 aliphatic rings. The molecule has 0 N–H and O–H groups in total. The van der Waals surface area contributed by atoms with Crippen molar-refractivity contribution in [3.8, 4) is 11.4 Å². The second kappa shape index (κ2) is 7.19. The Morgan fingerprint density at radius 1 is 0.889 bits per heavy atom. The minimum absolute atomic E-state index is 0.289. The smallest absolute Gasteiger partial charge is 0.141 e. The van der Waals surface area contributed by atoms with Crippen LogP contribution in [0.25, 0.3) is 22.4 Å². The quantitative estimate of drug-likeness (QED) is 0.510. The van der Waals surface area contributed by atoms with E-state index >= 15 is 0 Å². The zero-order valence-electron chi connectivity index (χ0n) is 16.6. The van der Waals surface area contributed by atoms with Crippen LogP contribution in [0.3, 0.4) is 0 Å². The number of rotatable bonds is 4. The van der Waals surface area contributed by atoms with Gasteiger partial charge in [0.2, 0.25) is 0 Å². The van der Waals surface area contributed by atoms with Gasteiger partial charge in [-0.3, -0.25) is 0 Å².